The molecule has 0 heterocycles. The molecule has 5 heteroatoms. The van der Waals surface area contributed by atoms with Gasteiger partial charge in [0.25, 0.3) is 0 Å². The van der Waals surface area contributed by atoms with E-state index < -0.39 is 0 Å². The van der Waals surface area contributed by atoms with Crippen LogP contribution in [0.1, 0.15) is 0 Å². The van der Waals surface area contributed by atoms with Crippen LogP contribution in [0, 0.1) is 0 Å². The fraction of sp³-hybridized carbons (Fsp3) is 0. The van der Waals surface area contributed by atoms with Gasteiger partial charge in [-0.2, -0.15) is 0 Å². The van der Waals surface area contributed by atoms with Gasteiger partial charge in [0.2, 0.25) is 0 Å². The van der Waals surface area contributed by atoms with Crippen molar-refractivity contribution in [3.8, 4) is 0 Å². The van der Waals surface area contributed by atoms with E-state index in [-0.39, 0.29) is 235 Å². The molecule has 0 aromatic rings. The van der Waals surface area contributed by atoms with Gasteiger partial charge in [-0.1, -0.05) is 0 Å². The number of rotatable bonds is 0. The second-order valence-corrected chi connectivity index (χ2v) is 0. The monoisotopic (exact) mass is 612 g/mol. The molecule has 0 amide bonds. The van der Waals surface area contributed by atoms with Crippen molar-refractivity contribution in [3.63, 3.8) is 0 Å². The second-order valence-electron chi connectivity index (χ2n) is 0. The molecule has 0 saturated carbocycles. The molecule has 0 aliphatic heterocycles. The van der Waals surface area contributed by atoms with Crippen molar-refractivity contribution in [2.45, 2.75) is 0 Å². The van der Waals surface area contributed by atoms with Gasteiger partial charge in [0, 0.05) is 0 Å². The normalized spacial score (nSPS) is 0. The van der Waals surface area contributed by atoms with Gasteiger partial charge >= 0.3 is 229 Å². The maximum atomic E-state index is 0. The quantitative estimate of drug-likeness (QED) is 0.244. The Balaban J connectivity index is 0. The molecule has 0 rings (SSSR count). The van der Waals surface area contributed by atoms with Crippen LogP contribution >= 0.6 is 0 Å². The maximum Gasteiger partial charge on any atom is 1.00 e. The van der Waals surface area contributed by atoms with E-state index in [4.69, 9.17) is 0 Å². The van der Waals surface area contributed by atoms with E-state index in [2.05, 4.69) is 0 Å². The van der Waals surface area contributed by atoms with Crippen LogP contribution in [0.2, 0.25) is 0 Å². The average Bonchev–Trinajstić information content (AvgIpc) is 0. The SMILES string of the molecule is [Au+].[Cs+].[Cs+].[Cs+].[O-2]. The van der Waals surface area contributed by atoms with Crippen molar-refractivity contribution in [3.05, 3.63) is 0 Å². The topological polar surface area (TPSA) is 28.5 Å². The minimum atomic E-state index is 0. The van der Waals surface area contributed by atoms with Gasteiger partial charge in [0.15, 0.2) is 0 Å². The Labute approximate surface area is 224 Å². The molecular weight excluding hydrogens is 612 g/mol. The Morgan fingerprint density at radius 2 is 0.600 bits per heavy atom. The van der Waals surface area contributed by atoms with Gasteiger partial charge < -0.3 is 5.48 Å². The van der Waals surface area contributed by atoms with Crippen LogP contribution in [0.5, 0.6) is 0 Å². The zero-order valence-electron chi connectivity index (χ0n) is 3.71. The molecule has 0 radical (unpaired) electrons. The van der Waals surface area contributed by atoms with Gasteiger partial charge in [0.05, 0.1) is 0 Å². The molecule has 0 aromatic heterocycles. The fourth-order valence-corrected chi connectivity index (χ4v) is 0. The number of hydrogen-bond donors (Lipinski definition) is 0. The summed E-state index contributed by atoms with van der Waals surface area (Å²) in [4.78, 5) is 0. The zero-order chi connectivity index (χ0) is 0. The van der Waals surface area contributed by atoms with E-state index in [9.17, 15) is 0 Å². The van der Waals surface area contributed by atoms with Crippen LogP contribution in [0.3, 0.4) is 0 Å². The summed E-state index contributed by atoms with van der Waals surface area (Å²) in [6.45, 7) is 0. The molecule has 0 spiro atoms. The molecular formula is AuCs3O+2. The van der Waals surface area contributed by atoms with Crippen molar-refractivity contribution in [2.24, 2.45) is 0 Å². The van der Waals surface area contributed by atoms with Gasteiger partial charge in [0.1, 0.15) is 0 Å². The minimum absolute atomic E-state index is 0. The van der Waals surface area contributed by atoms with Crippen LogP contribution in [-0.4, -0.2) is 0 Å². The van der Waals surface area contributed by atoms with Crippen molar-refractivity contribution in [2.75, 3.05) is 0 Å². The zero-order valence-corrected chi connectivity index (χ0v) is 24.7. The van der Waals surface area contributed by atoms with Crippen molar-refractivity contribution < 1.29 is 235 Å². The van der Waals surface area contributed by atoms with E-state index in [1.54, 1.807) is 0 Å². The predicted molar refractivity (Wildman–Crippen MR) is 0.686 cm³/mol. The molecule has 18 valence electrons. The number of hydrogen-bond acceptors (Lipinski definition) is 0. The summed E-state index contributed by atoms with van der Waals surface area (Å²) < 4.78 is 0. The molecule has 0 aliphatic rings. The standard InChI is InChI=1S/Au.3Cs.O/q4*+1;-2. The van der Waals surface area contributed by atoms with Crippen LogP contribution < -0.4 is 207 Å². The third kappa shape index (κ3) is 18.1. The Kier molecular flexibility index (Phi) is 133. The minimum Gasteiger partial charge on any atom is -2.00 e. The average molecular weight is 612 g/mol. The molecule has 0 aromatic carbocycles. The van der Waals surface area contributed by atoms with Crippen LogP contribution in [0.15, 0.2) is 0 Å². The molecule has 0 N–H and O–H groups in total. The first-order valence-corrected chi connectivity index (χ1v) is 0. The van der Waals surface area contributed by atoms with E-state index in [1.807, 2.05) is 0 Å². The summed E-state index contributed by atoms with van der Waals surface area (Å²) in [7, 11) is 0. The third-order valence-corrected chi connectivity index (χ3v) is 0. The maximum absolute atomic E-state index is 0. The predicted octanol–water partition coefficient (Wildman–Crippen LogP) is -9.11. The van der Waals surface area contributed by atoms with E-state index in [1.165, 1.54) is 0 Å². The van der Waals surface area contributed by atoms with Gasteiger partial charge in [-0.05, 0) is 0 Å². The largest absolute Gasteiger partial charge is 2.00 e. The third-order valence-electron chi connectivity index (χ3n) is 0. The Hall–Kier alpha value is 6.86. The van der Waals surface area contributed by atoms with E-state index in [0.29, 0.717) is 0 Å². The Bertz CT molecular complexity index is 6.85. The molecule has 1 nitrogen and oxygen atoms in total. The summed E-state index contributed by atoms with van der Waals surface area (Å²) in [5.41, 5.74) is 0. The molecule has 0 aliphatic carbocycles. The van der Waals surface area contributed by atoms with Crippen LogP contribution in [0.4, 0.5) is 0 Å². The summed E-state index contributed by atoms with van der Waals surface area (Å²) >= 11 is 0. The Morgan fingerprint density at radius 1 is 0.600 bits per heavy atom. The van der Waals surface area contributed by atoms with Gasteiger partial charge in [-0.3, -0.25) is 0 Å². The van der Waals surface area contributed by atoms with Crippen LogP contribution in [-0.2, 0) is 27.9 Å². The molecule has 0 atom stereocenters. The summed E-state index contributed by atoms with van der Waals surface area (Å²) in [6.07, 6.45) is 0. The molecule has 0 bridgehead atoms. The first kappa shape index (κ1) is 29.7. The summed E-state index contributed by atoms with van der Waals surface area (Å²) in [6, 6.07) is 0. The van der Waals surface area contributed by atoms with Crippen molar-refractivity contribution >= 4 is 0 Å². The van der Waals surface area contributed by atoms with Crippen molar-refractivity contribution in [1.82, 2.24) is 0 Å². The van der Waals surface area contributed by atoms with Crippen molar-refractivity contribution in [1.29, 1.82) is 0 Å². The van der Waals surface area contributed by atoms with E-state index in [0.717, 1.165) is 0 Å². The molecule has 0 saturated heterocycles. The van der Waals surface area contributed by atoms with Gasteiger partial charge in [-0.25, -0.2) is 0 Å². The van der Waals surface area contributed by atoms with Crippen LogP contribution in [0.25, 0.3) is 0 Å². The first-order chi connectivity index (χ1) is 0. The first-order valence-electron chi connectivity index (χ1n) is 0. The van der Waals surface area contributed by atoms with Gasteiger partial charge in [-0.15, -0.1) is 0 Å². The molecule has 5 heavy (non-hydrogen) atoms. The summed E-state index contributed by atoms with van der Waals surface area (Å²) in [5.74, 6) is 0. The van der Waals surface area contributed by atoms with E-state index >= 15 is 0 Å². The summed E-state index contributed by atoms with van der Waals surface area (Å²) in [5, 5.41) is 0. The second kappa shape index (κ2) is 22.4. The Morgan fingerprint density at radius 3 is 0.600 bits per heavy atom. The smallest absolute Gasteiger partial charge is 1.00 e. The molecule has 0 unspecified atom stereocenters. The molecule has 0 fully saturated rings. The fourth-order valence-electron chi connectivity index (χ4n) is 0.